The zero-order chi connectivity index (χ0) is 33.9. The van der Waals surface area contributed by atoms with Crippen LogP contribution in [0, 0.1) is 90.6 Å². The van der Waals surface area contributed by atoms with Crippen LogP contribution in [0.25, 0.3) is 27.5 Å². The minimum atomic E-state index is -1.35. The molecule has 6 rings (SSSR count). The Bertz CT molecular complexity index is 2480. The molecule has 1 heterocycles. The predicted octanol–water partition coefficient (Wildman–Crippen LogP) is 6.94. The maximum atomic E-state index is 10.7. The molecule has 6 aromatic rings. The normalized spacial score (nSPS) is 10.1. The van der Waals surface area contributed by atoms with Crippen molar-refractivity contribution < 1.29 is 0 Å². The van der Waals surface area contributed by atoms with E-state index in [9.17, 15) is 42.1 Å². The fraction of sp³-hybridized carbons (Fsp3) is 0.0256. The highest BCUT2D eigenvalue weighted by molar-refractivity contribution is 6.09. The monoisotopic (exact) mass is 609 g/mol. The molecule has 0 aliphatic rings. The molecule has 5 aromatic carbocycles. The van der Waals surface area contributed by atoms with Gasteiger partial charge in [-0.25, -0.2) is 0 Å². The van der Waals surface area contributed by atoms with Gasteiger partial charge < -0.3 is 4.57 Å². The third kappa shape index (κ3) is 4.58. The lowest BCUT2D eigenvalue weighted by Gasteiger charge is -2.26. The number of hydrogen-bond acceptors (Lipinski definition) is 8. The quantitative estimate of drug-likeness (QED) is 0.192. The summed E-state index contributed by atoms with van der Waals surface area (Å²) in [4.78, 5) is 0. The van der Waals surface area contributed by atoms with Crippen LogP contribution in [0.5, 0.6) is 0 Å². The van der Waals surface area contributed by atoms with Gasteiger partial charge in [-0.05, 0) is 65.2 Å². The van der Waals surface area contributed by atoms with Gasteiger partial charge in [0, 0.05) is 22.4 Å². The SMILES string of the molecule is N#Cc1cc(C#N)c(C(c2c(C#N)cc(C#N)cc2C#N)c2c(C#N)cc(-n3c4ccccc4c4ccccc43)cc2C#N)c(C#N)c1. The Morgan fingerprint density at radius 2 is 0.708 bits per heavy atom. The summed E-state index contributed by atoms with van der Waals surface area (Å²) in [6.45, 7) is 0. The van der Waals surface area contributed by atoms with Gasteiger partial charge in [0.25, 0.3) is 0 Å². The van der Waals surface area contributed by atoms with Gasteiger partial charge in [-0.3, -0.25) is 0 Å². The number of para-hydroxylation sites is 2. The number of aromatic nitrogens is 1. The van der Waals surface area contributed by atoms with E-state index < -0.39 is 5.92 Å². The molecule has 0 aliphatic heterocycles. The van der Waals surface area contributed by atoms with E-state index in [4.69, 9.17) is 0 Å². The van der Waals surface area contributed by atoms with E-state index in [-0.39, 0.29) is 61.2 Å². The molecule has 0 unspecified atom stereocenters. The van der Waals surface area contributed by atoms with Crippen LogP contribution in [0.3, 0.4) is 0 Å². The first kappa shape index (κ1) is 29.9. The molecule has 0 saturated heterocycles. The topological polar surface area (TPSA) is 195 Å². The molecule has 0 N–H and O–H groups in total. The van der Waals surface area contributed by atoms with Crippen molar-refractivity contribution in [3.05, 3.63) is 146 Å². The first-order chi connectivity index (χ1) is 23.5. The highest BCUT2D eigenvalue weighted by atomic mass is 15.0. The lowest BCUT2D eigenvalue weighted by molar-refractivity contribution is 0.940. The van der Waals surface area contributed by atoms with Gasteiger partial charge >= 0.3 is 0 Å². The van der Waals surface area contributed by atoms with E-state index in [0.717, 1.165) is 21.8 Å². The van der Waals surface area contributed by atoms with Gasteiger partial charge in [-0.1, -0.05) is 36.4 Å². The highest BCUT2D eigenvalue weighted by Crippen LogP contribution is 2.44. The summed E-state index contributed by atoms with van der Waals surface area (Å²) in [5.41, 5.74) is 1.77. The van der Waals surface area contributed by atoms with E-state index in [1.807, 2.05) is 89.5 Å². The van der Waals surface area contributed by atoms with Crippen LogP contribution in [0.2, 0.25) is 0 Å². The minimum Gasteiger partial charge on any atom is -0.309 e. The highest BCUT2D eigenvalue weighted by Gasteiger charge is 2.33. The molecule has 0 amide bonds. The van der Waals surface area contributed by atoms with Crippen LogP contribution in [-0.4, -0.2) is 4.57 Å². The molecule has 1 aromatic heterocycles. The lowest BCUT2D eigenvalue weighted by atomic mass is 9.74. The van der Waals surface area contributed by atoms with Crippen molar-refractivity contribution in [3.63, 3.8) is 0 Å². The van der Waals surface area contributed by atoms with Gasteiger partial charge in [-0.2, -0.15) is 42.1 Å². The minimum absolute atomic E-state index is 0.00863. The zero-order valence-electron chi connectivity index (χ0n) is 24.7. The fourth-order valence-electron chi connectivity index (χ4n) is 6.32. The molecule has 0 radical (unpaired) electrons. The van der Waals surface area contributed by atoms with Gasteiger partial charge in [0.05, 0.1) is 104 Å². The van der Waals surface area contributed by atoms with Crippen LogP contribution < -0.4 is 0 Å². The first-order valence-corrected chi connectivity index (χ1v) is 14.2. The Balaban J connectivity index is 1.80. The van der Waals surface area contributed by atoms with Gasteiger partial charge in [0.1, 0.15) is 0 Å². The van der Waals surface area contributed by atoms with E-state index in [1.165, 1.54) is 24.3 Å². The maximum Gasteiger partial charge on any atom is 0.0996 e. The van der Waals surface area contributed by atoms with E-state index in [2.05, 4.69) is 12.1 Å². The molecule has 9 nitrogen and oxygen atoms in total. The molecule has 216 valence electrons. The summed E-state index contributed by atoms with van der Waals surface area (Å²) in [6.07, 6.45) is 0. The van der Waals surface area contributed by atoms with Crippen molar-refractivity contribution in [2.75, 3.05) is 0 Å². The molecule has 0 spiro atoms. The van der Waals surface area contributed by atoms with Crippen LogP contribution >= 0.6 is 0 Å². The molecule has 0 aliphatic carbocycles. The summed E-state index contributed by atoms with van der Waals surface area (Å²) in [6, 6.07) is 40.0. The van der Waals surface area contributed by atoms with Gasteiger partial charge in [-0.15, -0.1) is 0 Å². The molecule has 0 fully saturated rings. The number of rotatable bonds is 4. The Hall–Kier alpha value is -8.18. The van der Waals surface area contributed by atoms with Crippen LogP contribution in [-0.2, 0) is 0 Å². The Morgan fingerprint density at radius 1 is 0.396 bits per heavy atom. The summed E-state index contributed by atoms with van der Waals surface area (Å²) in [5.74, 6) is -1.35. The van der Waals surface area contributed by atoms with Crippen molar-refractivity contribution >= 4 is 21.8 Å². The second kappa shape index (κ2) is 12.1. The van der Waals surface area contributed by atoms with Gasteiger partial charge in [0.2, 0.25) is 0 Å². The van der Waals surface area contributed by atoms with Crippen molar-refractivity contribution in [1.29, 1.82) is 42.1 Å². The summed E-state index contributed by atoms with van der Waals surface area (Å²) >= 11 is 0. The van der Waals surface area contributed by atoms with E-state index >= 15 is 0 Å². The van der Waals surface area contributed by atoms with Gasteiger partial charge in [0.15, 0.2) is 0 Å². The summed E-state index contributed by atoms with van der Waals surface area (Å²) in [5, 5.41) is 83.7. The molecular formula is C39H15N9. The second-order valence-electron chi connectivity index (χ2n) is 10.6. The molecule has 48 heavy (non-hydrogen) atoms. The average molecular weight is 610 g/mol. The zero-order valence-corrected chi connectivity index (χ0v) is 24.7. The fourth-order valence-corrected chi connectivity index (χ4v) is 6.32. The Kier molecular flexibility index (Phi) is 7.51. The van der Waals surface area contributed by atoms with Crippen LogP contribution in [0.15, 0.2) is 84.9 Å². The largest absolute Gasteiger partial charge is 0.309 e. The Labute approximate surface area is 274 Å². The van der Waals surface area contributed by atoms with E-state index in [0.29, 0.717) is 5.69 Å². The van der Waals surface area contributed by atoms with Crippen molar-refractivity contribution in [2.24, 2.45) is 0 Å². The summed E-state index contributed by atoms with van der Waals surface area (Å²) < 4.78 is 1.93. The van der Waals surface area contributed by atoms with Crippen molar-refractivity contribution in [3.8, 4) is 54.2 Å². The van der Waals surface area contributed by atoms with E-state index in [1.54, 1.807) is 12.1 Å². The average Bonchev–Trinajstić information content (AvgIpc) is 3.48. The standard InChI is InChI=1S/C39H15N9/c40-15-23-9-25(17-42)36(26(10-23)18-43)39(37-27(19-44)11-24(16-41)12-28(37)20-45)38-29(21-46)13-31(14-30(38)22-47)48-34-7-3-1-5-32(34)33-6-2-4-8-35(33)48/h1-14,39H. The smallest absolute Gasteiger partial charge is 0.0996 e. The lowest BCUT2D eigenvalue weighted by Crippen LogP contribution is -2.16. The van der Waals surface area contributed by atoms with Crippen LogP contribution in [0.4, 0.5) is 0 Å². The molecule has 0 bridgehead atoms. The van der Waals surface area contributed by atoms with Crippen LogP contribution in [0.1, 0.15) is 67.1 Å². The second-order valence-corrected chi connectivity index (χ2v) is 10.6. The number of nitrogens with zero attached hydrogens (tertiary/aromatic N) is 9. The number of benzene rings is 5. The first-order valence-electron chi connectivity index (χ1n) is 14.2. The predicted molar refractivity (Wildman–Crippen MR) is 172 cm³/mol. The third-order valence-electron chi connectivity index (χ3n) is 8.21. The number of hydrogen-bond donors (Lipinski definition) is 0. The molecule has 0 atom stereocenters. The maximum absolute atomic E-state index is 10.7. The molecular weight excluding hydrogens is 594 g/mol. The number of nitriles is 8. The molecule has 9 heteroatoms. The number of fused-ring (bicyclic) bond motifs is 3. The van der Waals surface area contributed by atoms with Crippen molar-refractivity contribution in [1.82, 2.24) is 4.57 Å². The third-order valence-corrected chi connectivity index (χ3v) is 8.21. The Morgan fingerprint density at radius 3 is 1.02 bits per heavy atom. The van der Waals surface area contributed by atoms with Crippen molar-refractivity contribution in [2.45, 2.75) is 5.92 Å². The summed E-state index contributed by atoms with van der Waals surface area (Å²) in [7, 11) is 0. The molecule has 0 saturated carbocycles.